The molecule has 1 aromatic carbocycles. The summed E-state index contributed by atoms with van der Waals surface area (Å²) in [6, 6.07) is 9.65. The minimum Gasteiger partial charge on any atom is -0.324 e. The third kappa shape index (κ3) is 8.09. The van der Waals surface area contributed by atoms with Gasteiger partial charge in [-0.1, -0.05) is 78.0 Å². The molecule has 0 bridgehead atoms. The molecule has 3 aromatic rings. The second-order valence-corrected chi connectivity index (χ2v) is 5.30. The van der Waals surface area contributed by atoms with Gasteiger partial charge in [-0.3, -0.25) is 0 Å². The van der Waals surface area contributed by atoms with E-state index in [2.05, 4.69) is 20.3 Å². The van der Waals surface area contributed by atoms with E-state index in [1.54, 1.807) is 6.20 Å². The lowest BCUT2D eigenvalue weighted by atomic mass is 10.3. The number of rotatable bonds is 5. The molecule has 0 radical (unpaired) electrons. The van der Waals surface area contributed by atoms with Gasteiger partial charge in [0, 0.05) is 5.69 Å². The highest BCUT2D eigenvalue weighted by atomic mass is 16.1. The molecule has 0 amide bonds. The minimum absolute atomic E-state index is 0.255. The number of nitrogens with one attached hydrogen (secondary N) is 2. The van der Waals surface area contributed by atoms with Crippen molar-refractivity contribution in [3.63, 3.8) is 0 Å². The standard InChI is InChI=1S/C19H19N5O.3C2H6/c1-3-5-12-15(9-4-2)24-17-16(22-19(24)25)13-20-18(23-17)21-14-10-7-6-8-11-14;3*1-2/h3-13H,1-2H3,(H,22,25)(H,20,21,23);3*1-2H3/b5-3-,9-4-,15-12+;;;. The van der Waals surface area contributed by atoms with Crippen molar-refractivity contribution < 1.29 is 0 Å². The Morgan fingerprint density at radius 3 is 2.23 bits per heavy atom. The average molecular weight is 424 g/mol. The van der Waals surface area contributed by atoms with Gasteiger partial charge in [0.05, 0.1) is 11.9 Å². The fraction of sp³-hybridized carbons (Fsp3) is 0.320. The number of para-hydroxylation sites is 1. The zero-order chi connectivity index (χ0) is 23.6. The summed E-state index contributed by atoms with van der Waals surface area (Å²) >= 11 is 0. The zero-order valence-electron chi connectivity index (χ0n) is 20.1. The summed E-state index contributed by atoms with van der Waals surface area (Å²) in [7, 11) is 0. The molecular weight excluding hydrogens is 386 g/mol. The van der Waals surface area contributed by atoms with E-state index in [9.17, 15) is 4.79 Å². The van der Waals surface area contributed by atoms with Crippen molar-refractivity contribution in [3.05, 3.63) is 77.4 Å². The molecule has 6 nitrogen and oxygen atoms in total. The Morgan fingerprint density at radius 1 is 1.00 bits per heavy atom. The van der Waals surface area contributed by atoms with Gasteiger partial charge in [-0.25, -0.2) is 14.3 Å². The maximum absolute atomic E-state index is 12.4. The maximum Gasteiger partial charge on any atom is 0.332 e. The zero-order valence-corrected chi connectivity index (χ0v) is 20.1. The first-order valence-electron chi connectivity index (χ1n) is 11.0. The molecule has 6 heteroatoms. The molecule has 0 atom stereocenters. The molecule has 0 unspecified atom stereocenters. The molecule has 0 saturated heterocycles. The van der Waals surface area contributed by atoms with Crippen LogP contribution in [-0.4, -0.2) is 19.5 Å². The van der Waals surface area contributed by atoms with Gasteiger partial charge in [0.25, 0.3) is 0 Å². The number of aromatic amines is 1. The topological polar surface area (TPSA) is 75.6 Å². The Bertz CT molecular complexity index is 1010. The van der Waals surface area contributed by atoms with Gasteiger partial charge in [0.15, 0.2) is 5.65 Å². The SMILES string of the molecule is CC.CC.CC.C\C=C/C=C(\C=C/C)n1c(=O)[nH]c2cnc(Nc3ccccc3)nc21. The first-order valence-corrected chi connectivity index (χ1v) is 11.0. The number of anilines is 2. The van der Waals surface area contributed by atoms with Crippen LogP contribution in [0.4, 0.5) is 11.6 Å². The molecule has 0 aliphatic rings. The molecule has 0 aliphatic carbocycles. The Labute approximate surface area is 186 Å². The smallest absolute Gasteiger partial charge is 0.324 e. The highest BCUT2D eigenvalue weighted by Crippen LogP contribution is 2.17. The molecule has 168 valence electrons. The third-order valence-electron chi connectivity index (χ3n) is 3.51. The van der Waals surface area contributed by atoms with Gasteiger partial charge in [-0.2, -0.15) is 4.98 Å². The van der Waals surface area contributed by atoms with E-state index in [0.717, 1.165) is 11.4 Å². The van der Waals surface area contributed by atoms with Crippen LogP contribution in [0, 0.1) is 0 Å². The van der Waals surface area contributed by atoms with Crippen LogP contribution in [0.1, 0.15) is 55.4 Å². The van der Waals surface area contributed by atoms with Crippen molar-refractivity contribution in [2.24, 2.45) is 0 Å². The van der Waals surface area contributed by atoms with Crippen LogP contribution in [0.2, 0.25) is 0 Å². The van der Waals surface area contributed by atoms with Crippen LogP contribution in [-0.2, 0) is 0 Å². The minimum atomic E-state index is -0.255. The average Bonchev–Trinajstić information content (AvgIpc) is 3.16. The van der Waals surface area contributed by atoms with Crippen molar-refractivity contribution in [1.82, 2.24) is 19.5 Å². The largest absolute Gasteiger partial charge is 0.332 e. The summed E-state index contributed by atoms with van der Waals surface area (Å²) in [6.45, 7) is 15.8. The summed E-state index contributed by atoms with van der Waals surface area (Å²) in [5.41, 5.74) is 2.45. The van der Waals surface area contributed by atoms with E-state index in [0.29, 0.717) is 17.1 Å². The molecule has 2 aromatic heterocycles. The van der Waals surface area contributed by atoms with Crippen molar-refractivity contribution in [3.8, 4) is 0 Å². The van der Waals surface area contributed by atoms with Gasteiger partial charge in [-0.15, -0.1) is 0 Å². The molecule has 0 fully saturated rings. The Kier molecular flexibility index (Phi) is 14.6. The summed E-state index contributed by atoms with van der Waals surface area (Å²) in [5.74, 6) is 0.428. The molecule has 0 saturated carbocycles. The molecule has 31 heavy (non-hydrogen) atoms. The van der Waals surface area contributed by atoms with Crippen LogP contribution >= 0.6 is 0 Å². The molecule has 2 heterocycles. The van der Waals surface area contributed by atoms with E-state index in [1.807, 2.05) is 116 Å². The van der Waals surface area contributed by atoms with E-state index in [1.165, 1.54) is 4.57 Å². The van der Waals surface area contributed by atoms with Gasteiger partial charge < -0.3 is 10.3 Å². The Hall–Kier alpha value is -3.41. The maximum atomic E-state index is 12.4. The monoisotopic (exact) mass is 423 g/mol. The second kappa shape index (κ2) is 16.4. The van der Waals surface area contributed by atoms with Gasteiger partial charge >= 0.3 is 5.69 Å². The summed E-state index contributed by atoms with van der Waals surface area (Å²) in [4.78, 5) is 24.0. The predicted molar refractivity (Wildman–Crippen MR) is 136 cm³/mol. The first kappa shape index (κ1) is 27.6. The van der Waals surface area contributed by atoms with Crippen LogP contribution in [0.15, 0.2) is 71.7 Å². The fourth-order valence-corrected chi connectivity index (χ4v) is 2.42. The van der Waals surface area contributed by atoms with Crippen LogP contribution in [0.5, 0.6) is 0 Å². The normalized spacial score (nSPS) is 10.6. The highest BCUT2D eigenvalue weighted by molar-refractivity contribution is 5.78. The third-order valence-corrected chi connectivity index (χ3v) is 3.51. The lowest BCUT2D eigenvalue weighted by Gasteiger charge is -2.06. The van der Waals surface area contributed by atoms with E-state index < -0.39 is 0 Å². The molecule has 0 aliphatic heterocycles. The molecule has 3 rings (SSSR count). The number of hydrogen-bond acceptors (Lipinski definition) is 4. The van der Waals surface area contributed by atoms with Crippen molar-refractivity contribution >= 4 is 28.5 Å². The summed E-state index contributed by atoms with van der Waals surface area (Å²) in [5, 5.41) is 3.14. The number of imidazole rings is 1. The molecular formula is C25H37N5O. The van der Waals surface area contributed by atoms with Crippen molar-refractivity contribution in [1.29, 1.82) is 0 Å². The number of H-pyrrole nitrogens is 1. The summed E-state index contributed by atoms with van der Waals surface area (Å²) < 4.78 is 1.53. The first-order chi connectivity index (χ1) is 15.2. The number of aromatic nitrogens is 4. The number of fused-ring (bicyclic) bond motifs is 1. The number of benzene rings is 1. The lowest BCUT2D eigenvalue weighted by molar-refractivity contribution is 1.03. The van der Waals surface area contributed by atoms with Crippen LogP contribution < -0.4 is 11.0 Å². The molecule has 0 spiro atoms. The van der Waals surface area contributed by atoms with Crippen molar-refractivity contribution in [2.45, 2.75) is 55.4 Å². The quantitative estimate of drug-likeness (QED) is 0.436. The van der Waals surface area contributed by atoms with Gasteiger partial charge in [0.1, 0.15) is 5.52 Å². The molecule has 2 N–H and O–H groups in total. The fourth-order valence-electron chi connectivity index (χ4n) is 2.42. The lowest BCUT2D eigenvalue weighted by Crippen LogP contribution is -2.15. The number of hydrogen-bond donors (Lipinski definition) is 2. The summed E-state index contributed by atoms with van der Waals surface area (Å²) in [6.07, 6.45) is 11.0. The number of allylic oxidation sites excluding steroid dienone is 6. The van der Waals surface area contributed by atoms with E-state index in [-0.39, 0.29) is 5.69 Å². The van der Waals surface area contributed by atoms with Gasteiger partial charge in [0.2, 0.25) is 5.95 Å². The second-order valence-electron chi connectivity index (χ2n) is 5.30. The predicted octanol–water partition coefficient (Wildman–Crippen LogP) is 6.93. The highest BCUT2D eigenvalue weighted by Gasteiger charge is 2.12. The van der Waals surface area contributed by atoms with Gasteiger partial charge in [-0.05, 0) is 38.1 Å². The Balaban J connectivity index is 0.00000138. The van der Waals surface area contributed by atoms with Crippen LogP contribution in [0.25, 0.3) is 16.9 Å². The van der Waals surface area contributed by atoms with Crippen LogP contribution in [0.3, 0.4) is 0 Å². The van der Waals surface area contributed by atoms with E-state index in [4.69, 9.17) is 0 Å². The number of nitrogens with zero attached hydrogens (tertiary/aromatic N) is 3. The van der Waals surface area contributed by atoms with E-state index >= 15 is 0 Å². The van der Waals surface area contributed by atoms with Crippen molar-refractivity contribution in [2.75, 3.05) is 5.32 Å². The Morgan fingerprint density at radius 2 is 1.65 bits per heavy atom.